The Hall–Kier alpha value is -1.07. The van der Waals surface area contributed by atoms with Crippen molar-refractivity contribution < 1.29 is 24.1 Å². The molecule has 1 N–H and O–H groups in total. The lowest BCUT2D eigenvalue weighted by Crippen LogP contribution is -2.42. The van der Waals surface area contributed by atoms with Crippen LogP contribution in [-0.2, 0) is 19.0 Å². The van der Waals surface area contributed by atoms with Gasteiger partial charge in [-0.2, -0.15) is 0 Å². The summed E-state index contributed by atoms with van der Waals surface area (Å²) in [5, 5.41) is 10.1. The lowest BCUT2D eigenvalue weighted by molar-refractivity contribution is -0.215. The third kappa shape index (κ3) is 2.30. The SMILES string of the molecule is CCOCC(C)C1(O)OC(=O)C=C1OC. The van der Waals surface area contributed by atoms with Gasteiger partial charge in [0.25, 0.3) is 5.79 Å². The predicted molar refractivity (Wildman–Crippen MR) is 51.8 cm³/mol. The first-order valence-electron chi connectivity index (χ1n) is 4.83. The average Bonchev–Trinajstić information content (AvgIpc) is 2.51. The van der Waals surface area contributed by atoms with Crippen LogP contribution in [0, 0.1) is 5.92 Å². The zero-order valence-electron chi connectivity index (χ0n) is 9.15. The Balaban J connectivity index is 2.73. The Morgan fingerprint density at radius 1 is 1.67 bits per heavy atom. The fraction of sp³-hybridized carbons (Fsp3) is 0.700. The minimum Gasteiger partial charge on any atom is -0.494 e. The number of methoxy groups -OCH3 is 1. The molecule has 0 spiro atoms. The standard InChI is InChI=1S/C10H16O5/c1-4-14-6-7(2)10(12)8(13-3)5-9(11)15-10/h5,7,12H,4,6H2,1-3H3. The van der Waals surface area contributed by atoms with E-state index in [0.29, 0.717) is 13.2 Å². The maximum absolute atomic E-state index is 11.0. The van der Waals surface area contributed by atoms with Gasteiger partial charge < -0.3 is 19.3 Å². The molecule has 0 fully saturated rings. The maximum atomic E-state index is 11.0. The van der Waals surface area contributed by atoms with Crippen LogP contribution in [0.2, 0.25) is 0 Å². The van der Waals surface area contributed by atoms with Gasteiger partial charge in [-0.15, -0.1) is 0 Å². The van der Waals surface area contributed by atoms with Crippen molar-refractivity contribution in [1.29, 1.82) is 0 Å². The molecule has 0 bridgehead atoms. The van der Waals surface area contributed by atoms with E-state index >= 15 is 0 Å². The fourth-order valence-corrected chi connectivity index (χ4v) is 1.40. The second-order valence-electron chi connectivity index (χ2n) is 3.39. The highest BCUT2D eigenvalue weighted by Crippen LogP contribution is 2.33. The summed E-state index contributed by atoms with van der Waals surface area (Å²) in [5.74, 6) is -2.55. The number of esters is 1. The van der Waals surface area contributed by atoms with Crippen molar-refractivity contribution in [1.82, 2.24) is 0 Å². The Bertz CT molecular complexity index is 273. The molecule has 1 heterocycles. The third-order valence-corrected chi connectivity index (χ3v) is 2.32. The molecular formula is C10H16O5. The highest BCUT2D eigenvalue weighted by Gasteiger charge is 2.47. The molecule has 2 unspecified atom stereocenters. The van der Waals surface area contributed by atoms with Crippen LogP contribution in [0.25, 0.3) is 0 Å². The highest BCUT2D eigenvalue weighted by molar-refractivity contribution is 5.85. The molecule has 0 saturated carbocycles. The van der Waals surface area contributed by atoms with Crippen LogP contribution in [-0.4, -0.2) is 37.2 Å². The monoisotopic (exact) mass is 216 g/mol. The molecular weight excluding hydrogens is 200 g/mol. The van der Waals surface area contributed by atoms with E-state index in [1.807, 2.05) is 6.92 Å². The summed E-state index contributed by atoms with van der Waals surface area (Å²) in [6.07, 6.45) is 1.14. The summed E-state index contributed by atoms with van der Waals surface area (Å²) >= 11 is 0. The van der Waals surface area contributed by atoms with E-state index < -0.39 is 11.8 Å². The molecule has 0 amide bonds. The zero-order chi connectivity index (χ0) is 11.5. The van der Waals surface area contributed by atoms with Crippen molar-refractivity contribution in [2.45, 2.75) is 19.6 Å². The molecule has 0 aromatic rings. The normalized spacial score (nSPS) is 27.2. The lowest BCUT2D eigenvalue weighted by atomic mass is 10.0. The summed E-state index contributed by atoms with van der Waals surface area (Å²) in [6.45, 7) is 4.41. The summed E-state index contributed by atoms with van der Waals surface area (Å²) in [5.41, 5.74) is 0. The molecule has 0 saturated heterocycles. The second-order valence-corrected chi connectivity index (χ2v) is 3.39. The van der Waals surface area contributed by atoms with Crippen LogP contribution in [0.1, 0.15) is 13.8 Å². The quantitative estimate of drug-likeness (QED) is 0.675. The van der Waals surface area contributed by atoms with E-state index in [0.717, 1.165) is 6.08 Å². The number of ether oxygens (including phenoxy) is 3. The van der Waals surface area contributed by atoms with Gasteiger partial charge in [-0.05, 0) is 6.92 Å². The number of hydrogen-bond acceptors (Lipinski definition) is 5. The topological polar surface area (TPSA) is 65.0 Å². The number of cyclic esters (lactones) is 1. The molecule has 1 aliphatic rings. The number of hydrogen-bond donors (Lipinski definition) is 1. The minimum atomic E-state index is -1.69. The zero-order valence-corrected chi connectivity index (χ0v) is 9.15. The van der Waals surface area contributed by atoms with E-state index in [1.165, 1.54) is 7.11 Å². The summed E-state index contributed by atoms with van der Waals surface area (Å²) in [7, 11) is 1.38. The maximum Gasteiger partial charge on any atom is 0.337 e. The van der Waals surface area contributed by atoms with Gasteiger partial charge in [-0.1, -0.05) is 6.92 Å². The van der Waals surface area contributed by atoms with E-state index in [4.69, 9.17) is 14.2 Å². The molecule has 86 valence electrons. The molecule has 5 heteroatoms. The van der Waals surface area contributed by atoms with Crippen molar-refractivity contribution in [3.05, 3.63) is 11.8 Å². The number of aliphatic hydroxyl groups is 1. The first kappa shape index (κ1) is 12.0. The Kier molecular flexibility index (Phi) is 3.71. The molecule has 0 radical (unpaired) electrons. The van der Waals surface area contributed by atoms with Crippen LogP contribution in [0.5, 0.6) is 0 Å². The van der Waals surface area contributed by atoms with Crippen molar-refractivity contribution in [3.63, 3.8) is 0 Å². The van der Waals surface area contributed by atoms with Crippen molar-refractivity contribution >= 4 is 5.97 Å². The van der Waals surface area contributed by atoms with E-state index in [2.05, 4.69) is 0 Å². The van der Waals surface area contributed by atoms with E-state index in [1.54, 1.807) is 6.92 Å². The lowest BCUT2D eigenvalue weighted by Gasteiger charge is -2.29. The summed E-state index contributed by atoms with van der Waals surface area (Å²) < 4.78 is 14.9. The third-order valence-electron chi connectivity index (χ3n) is 2.32. The van der Waals surface area contributed by atoms with Crippen molar-refractivity contribution in [2.75, 3.05) is 20.3 Å². The number of rotatable bonds is 5. The van der Waals surface area contributed by atoms with Gasteiger partial charge in [0.1, 0.15) is 0 Å². The summed E-state index contributed by atoms with van der Waals surface area (Å²) in [4.78, 5) is 11.0. The summed E-state index contributed by atoms with van der Waals surface area (Å²) in [6, 6.07) is 0. The molecule has 2 atom stereocenters. The van der Waals surface area contributed by atoms with Gasteiger partial charge in [0.05, 0.1) is 25.7 Å². The first-order valence-corrected chi connectivity index (χ1v) is 4.83. The number of carbonyl (C=O) groups excluding carboxylic acids is 1. The van der Waals surface area contributed by atoms with Gasteiger partial charge in [0.15, 0.2) is 5.76 Å². The van der Waals surface area contributed by atoms with Crippen LogP contribution < -0.4 is 0 Å². The molecule has 0 aliphatic carbocycles. The molecule has 5 nitrogen and oxygen atoms in total. The van der Waals surface area contributed by atoms with Crippen LogP contribution >= 0.6 is 0 Å². The van der Waals surface area contributed by atoms with E-state index in [-0.39, 0.29) is 11.7 Å². The van der Waals surface area contributed by atoms with Gasteiger partial charge in [0, 0.05) is 6.61 Å². The Morgan fingerprint density at radius 2 is 2.33 bits per heavy atom. The van der Waals surface area contributed by atoms with Gasteiger partial charge in [-0.3, -0.25) is 0 Å². The Labute approximate surface area is 88.6 Å². The molecule has 0 aromatic heterocycles. The van der Waals surface area contributed by atoms with Crippen molar-refractivity contribution in [2.24, 2.45) is 5.92 Å². The molecule has 1 aliphatic heterocycles. The molecule has 0 aromatic carbocycles. The average molecular weight is 216 g/mol. The fourth-order valence-electron chi connectivity index (χ4n) is 1.40. The van der Waals surface area contributed by atoms with Crippen LogP contribution in [0.4, 0.5) is 0 Å². The highest BCUT2D eigenvalue weighted by atomic mass is 16.7. The van der Waals surface area contributed by atoms with Crippen LogP contribution in [0.3, 0.4) is 0 Å². The largest absolute Gasteiger partial charge is 0.494 e. The first-order chi connectivity index (χ1) is 7.04. The number of carbonyl (C=O) groups is 1. The van der Waals surface area contributed by atoms with Crippen LogP contribution in [0.15, 0.2) is 11.8 Å². The van der Waals surface area contributed by atoms with Crippen molar-refractivity contribution in [3.8, 4) is 0 Å². The second kappa shape index (κ2) is 4.63. The van der Waals surface area contributed by atoms with E-state index in [9.17, 15) is 9.90 Å². The van der Waals surface area contributed by atoms with Gasteiger partial charge >= 0.3 is 5.97 Å². The van der Waals surface area contributed by atoms with Gasteiger partial charge in [0.2, 0.25) is 0 Å². The predicted octanol–water partition coefficient (Wildman–Crippen LogP) is 0.435. The molecule has 1 rings (SSSR count). The minimum absolute atomic E-state index is 0.125. The molecule has 15 heavy (non-hydrogen) atoms. The Morgan fingerprint density at radius 3 is 2.87 bits per heavy atom. The smallest absolute Gasteiger partial charge is 0.337 e. The van der Waals surface area contributed by atoms with Gasteiger partial charge in [-0.25, -0.2) is 4.79 Å².